The number of hydrogen-bond donors (Lipinski definition) is 0. The first-order valence-corrected chi connectivity index (χ1v) is 10.3. The Labute approximate surface area is 154 Å². The number of rotatable bonds is 7. The third kappa shape index (κ3) is 4.68. The van der Waals surface area contributed by atoms with Crippen molar-refractivity contribution in [3.05, 3.63) is 29.8 Å². The highest BCUT2D eigenvalue weighted by Gasteiger charge is 2.32. The van der Waals surface area contributed by atoms with Crippen molar-refractivity contribution >= 4 is 23.5 Å². The predicted octanol–water partition coefficient (Wildman–Crippen LogP) is 4.02. The zero-order valence-corrected chi connectivity index (χ0v) is 15.8. The SMILES string of the molecule is COC[C@H]1CN(c2ccc(C3CCC(OCSC)CC3)cc2)C(=O)O1. The molecule has 25 heavy (non-hydrogen) atoms. The largest absolute Gasteiger partial charge is 0.441 e. The van der Waals surface area contributed by atoms with E-state index < -0.39 is 0 Å². The van der Waals surface area contributed by atoms with Crippen LogP contribution in [0.25, 0.3) is 0 Å². The normalized spacial score (nSPS) is 26.7. The van der Waals surface area contributed by atoms with Gasteiger partial charge in [0.25, 0.3) is 0 Å². The fraction of sp³-hybridized carbons (Fsp3) is 0.632. The van der Waals surface area contributed by atoms with Gasteiger partial charge in [-0.15, -0.1) is 11.8 Å². The molecule has 1 atom stereocenters. The number of ether oxygens (including phenoxy) is 3. The molecule has 1 heterocycles. The predicted molar refractivity (Wildman–Crippen MR) is 100 cm³/mol. The fourth-order valence-electron chi connectivity index (χ4n) is 3.66. The van der Waals surface area contributed by atoms with Crippen LogP contribution in [0.3, 0.4) is 0 Å². The molecule has 1 saturated heterocycles. The summed E-state index contributed by atoms with van der Waals surface area (Å²) < 4.78 is 16.2. The molecular weight excluding hydrogens is 338 g/mol. The second-order valence-electron chi connectivity index (χ2n) is 6.71. The number of hydrogen-bond acceptors (Lipinski definition) is 5. The molecule has 1 aliphatic heterocycles. The van der Waals surface area contributed by atoms with Crippen LogP contribution in [-0.4, -0.2) is 50.8 Å². The van der Waals surface area contributed by atoms with Crippen molar-refractivity contribution in [3.63, 3.8) is 0 Å². The van der Waals surface area contributed by atoms with Crippen LogP contribution >= 0.6 is 11.8 Å². The maximum atomic E-state index is 12.0. The molecule has 0 N–H and O–H groups in total. The van der Waals surface area contributed by atoms with Gasteiger partial charge in [-0.3, -0.25) is 4.90 Å². The average molecular weight is 365 g/mol. The fourth-order valence-corrected chi connectivity index (χ4v) is 3.99. The zero-order valence-electron chi connectivity index (χ0n) is 15.0. The Morgan fingerprint density at radius 1 is 1.20 bits per heavy atom. The number of anilines is 1. The van der Waals surface area contributed by atoms with E-state index >= 15 is 0 Å². The number of cyclic esters (lactones) is 1. The molecule has 0 aromatic heterocycles. The number of methoxy groups -OCH3 is 1. The molecule has 2 fully saturated rings. The summed E-state index contributed by atoms with van der Waals surface area (Å²) in [4.78, 5) is 13.7. The lowest BCUT2D eigenvalue weighted by atomic mass is 9.82. The highest BCUT2D eigenvalue weighted by molar-refractivity contribution is 7.98. The minimum absolute atomic E-state index is 0.186. The van der Waals surface area contributed by atoms with Gasteiger partial charge in [0, 0.05) is 12.8 Å². The Morgan fingerprint density at radius 3 is 2.56 bits per heavy atom. The zero-order chi connectivity index (χ0) is 17.6. The second kappa shape index (κ2) is 8.92. The van der Waals surface area contributed by atoms with Gasteiger partial charge in [-0.1, -0.05) is 12.1 Å². The van der Waals surface area contributed by atoms with E-state index in [1.807, 2.05) is 12.1 Å². The summed E-state index contributed by atoms with van der Waals surface area (Å²) in [5.41, 5.74) is 2.25. The van der Waals surface area contributed by atoms with Crippen LogP contribution < -0.4 is 4.90 Å². The van der Waals surface area contributed by atoms with Crippen LogP contribution in [0.2, 0.25) is 0 Å². The highest BCUT2D eigenvalue weighted by Crippen LogP contribution is 2.35. The summed E-state index contributed by atoms with van der Waals surface area (Å²) in [6.07, 6.45) is 6.60. The molecule has 1 saturated carbocycles. The van der Waals surface area contributed by atoms with Crippen molar-refractivity contribution in [2.75, 3.05) is 37.4 Å². The maximum absolute atomic E-state index is 12.0. The van der Waals surface area contributed by atoms with E-state index in [0.717, 1.165) is 24.5 Å². The topological polar surface area (TPSA) is 48.0 Å². The van der Waals surface area contributed by atoms with Gasteiger partial charge in [-0.2, -0.15) is 0 Å². The third-order valence-corrected chi connectivity index (χ3v) is 5.37. The first-order chi connectivity index (χ1) is 12.2. The van der Waals surface area contributed by atoms with Crippen LogP contribution in [0.4, 0.5) is 10.5 Å². The maximum Gasteiger partial charge on any atom is 0.414 e. The van der Waals surface area contributed by atoms with Gasteiger partial charge in [-0.25, -0.2) is 4.79 Å². The molecule has 3 rings (SSSR count). The number of amides is 1. The molecule has 0 spiro atoms. The quantitative estimate of drug-likeness (QED) is 0.683. The molecule has 1 aromatic carbocycles. The summed E-state index contributed by atoms with van der Waals surface area (Å²) >= 11 is 1.74. The van der Waals surface area contributed by atoms with E-state index in [-0.39, 0.29) is 12.2 Å². The van der Waals surface area contributed by atoms with Crippen molar-refractivity contribution < 1.29 is 19.0 Å². The van der Waals surface area contributed by atoms with Crippen LogP contribution in [0.1, 0.15) is 37.2 Å². The van der Waals surface area contributed by atoms with E-state index in [0.29, 0.717) is 25.2 Å². The second-order valence-corrected chi connectivity index (χ2v) is 7.52. The molecule has 1 aliphatic carbocycles. The van der Waals surface area contributed by atoms with Crippen LogP contribution in [-0.2, 0) is 14.2 Å². The van der Waals surface area contributed by atoms with E-state index in [1.165, 1.54) is 18.4 Å². The van der Waals surface area contributed by atoms with Gasteiger partial charge in [-0.05, 0) is 55.6 Å². The van der Waals surface area contributed by atoms with Crippen molar-refractivity contribution in [1.29, 1.82) is 0 Å². The van der Waals surface area contributed by atoms with Crippen molar-refractivity contribution in [2.24, 2.45) is 0 Å². The lowest BCUT2D eigenvalue weighted by Crippen LogP contribution is -2.25. The van der Waals surface area contributed by atoms with Crippen molar-refractivity contribution in [3.8, 4) is 0 Å². The molecule has 1 amide bonds. The highest BCUT2D eigenvalue weighted by atomic mass is 32.2. The summed E-state index contributed by atoms with van der Waals surface area (Å²) in [6, 6.07) is 8.37. The summed E-state index contributed by atoms with van der Waals surface area (Å²) in [5, 5.41) is 0. The Balaban J connectivity index is 1.55. The van der Waals surface area contributed by atoms with E-state index in [9.17, 15) is 4.79 Å². The number of carbonyl (C=O) groups excluding carboxylic acids is 1. The third-order valence-electron chi connectivity index (χ3n) is 5.00. The van der Waals surface area contributed by atoms with Gasteiger partial charge in [0.2, 0.25) is 0 Å². The summed E-state index contributed by atoms with van der Waals surface area (Å²) in [5.74, 6) is 1.38. The monoisotopic (exact) mass is 365 g/mol. The average Bonchev–Trinajstić information content (AvgIpc) is 3.01. The van der Waals surface area contributed by atoms with Gasteiger partial charge in [0.15, 0.2) is 0 Å². The lowest BCUT2D eigenvalue weighted by molar-refractivity contribution is 0.0556. The first-order valence-electron chi connectivity index (χ1n) is 8.89. The Hall–Kier alpha value is -1.24. The van der Waals surface area contributed by atoms with Crippen molar-refractivity contribution in [2.45, 2.75) is 43.8 Å². The van der Waals surface area contributed by atoms with Crippen LogP contribution in [0, 0.1) is 0 Å². The standard InChI is InChI=1S/C19H27NO4S/c1-22-12-18-11-20(19(21)24-18)16-7-3-14(4-8-16)15-5-9-17(10-6-15)23-13-25-2/h3-4,7-8,15,17-18H,5-6,9-13H2,1-2H3/t15?,17?,18-/m1/s1. The number of nitrogens with zero attached hydrogens (tertiary/aromatic N) is 1. The van der Waals surface area contributed by atoms with E-state index in [4.69, 9.17) is 14.2 Å². The molecule has 6 heteroatoms. The van der Waals surface area contributed by atoms with Crippen LogP contribution in [0.5, 0.6) is 0 Å². The molecule has 0 bridgehead atoms. The smallest absolute Gasteiger partial charge is 0.414 e. The molecule has 0 radical (unpaired) electrons. The Bertz CT molecular complexity index is 557. The number of benzene rings is 1. The first kappa shape index (κ1) is 18.5. The minimum Gasteiger partial charge on any atom is -0.441 e. The molecule has 1 aromatic rings. The lowest BCUT2D eigenvalue weighted by Gasteiger charge is -2.29. The molecule has 138 valence electrons. The van der Waals surface area contributed by atoms with Crippen LogP contribution in [0.15, 0.2) is 24.3 Å². The van der Waals surface area contributed by atoms with Gasteiger partial charge in [0.1, 0.15) is 6.10 Å². The molecular formula is C19H27NO4S. The number of carbonyl (C=O) groups is 1. The molecule has 5 nitrogen and oxygen atoms in total. The van der Waals surface area contributed by atoms with E-state index in [1.54, 1.807) is 23.8 Å². The summed E-state index contributed by atoms with van der Waals surface area (Å²) in [6.45, 7) is 0.978. The Morgan fingerprint density at radius 2 is 1.92 bits per heavy atom. The van der Waals surface area contributed by atoms with E-state index in [2.05, 4.69) is 18.4 Å². The van der Waals surface area contributed by atoms with Crippen molar-refractivity contribution in [1.82, 2.24) is 0 Å². The Kier molecular flexibility index (Phi) is 6.62. The molecule has 2 aliphatic rings. The van der Waals surface area contributed by atoms with Gasteiger partial charge >= 0.3 is 6.09 Å². The van der Waals surface area contributed by atoms with Gasteiger partial charge in [0.05, 0.1) is 25.2 Å². The van der Waals surface area contributed by atoms with Gasteiger partial charge < -0.3 is 14.2 Å². The number of thioether (sulfide) groups is 1. The minimum atomic E-state index is -0.291. The summed E-state index contributed by atoms with van der Waals surface area (Å²) in [7, 11) is 1.62. The molecule has 0 unspecified atom stereocenters.